The third kappa shape index (κ3) is 9.96. The zero-order chi connectivity index (χ0) is 34.0. The number of Topliss-reactive ketones (excluding diaryl/α,β-unsaturated/α-hetero) is 1. The minimum atomic E-state index is -0.994. The summed E-state index contributed by atoms with van der Waals surface area (Å²) in [6.07, 6.45) is 5.93. The summed E-state index contributed by atoms with van der Waals surface area (Å²) in [5, 5.41) is 20.6. The molecule has 46 heavy (non-hydrogen) atoms. The van der Waals surface area contributed by atoms with E-state index in [4.69, 9.17) is 19.9 Å². The number of carbonyl (C=O) groups excluding carboxylic acids is 4. The molecule has 2 heterocycles. The standard InChI is InChI=1S/C34H50N4O8/c1-19-14-24-29(37-18-23-10-12-36-13-11-23)26(39)17-25(31(24)41)38-33(42)20(2)8-7-9-27(44-5)32(46-34(35)43)22(4)16-21(3)30(40)28(15-19)45-6/h7-9,16-17,19,21,23,27-28,30,32,36-37,40H,10-15,18H2,1-6H3,(H2,35,43)(H,38,42)/b9-7+,20-8-,22-16+/t19-,21+,27+,28+,30-,32+/m1/s1. The number of aliphatic hydroxyl groups is 1. The number of ketones is 2. The molecular weight excluding hydrogens is 592 g/mol. The summed E-state index contributed by atoms with van der Waals surface area (Å²) in [5.41, 5.74) is 6.68. The molecule has 0 radical (unpaired) electrons. The van der Waals surface area contributed by atoms with E-state index in [0.717, 1.165) is 25.9 Å². The number of hydrogen-bond acceptors (Lipinski definition) is 10. The number of allylic oxidation sites excluding steroid dienone is 4. The van der Waals surface area contributed by atoms with Crippen LogP contribution in [0.4, 0.5) is 4.79 Å². The normalized spacial score (nSPS) is 32.4. The van der Waals surface area contributed by atoms with Crippen LogP contribution in [0.5, 0.6) is 0 Å². The number of rotatable bonds is 6. The van der Waals surface area contributed by atoms with Gasteiger partial charge in [-0.25, -0.2) is 4.79 Å². The Kier molecular flexibility index (Phi) is 13.9. The second-order valence-corrected chi connectivity index (χ2v) is 12.5. The van der Waals surface area contributed by atoms with Crippen molar-refractivity contribution in [3.8, 4) is 0 Å². The van der Waals surface area contributed by atoms with Crippen LogP contribution in [0.25, 0.3) is 0 Å². The van der Waals surface area contributed by atoms with Gasteiger partial charge in [-0.3, -0.25) is 14.4 Å². The first kappa shape index (κ1) is 36.9. The fourth-order valence-corrected chi connectivity index (χ4v) is 6.11. The minimum absolute atomic E-state index is 0.0966. The zero-order valence-corrected chi connectivity index (χ0v) is 27.8. The van der Waals surface area contributed by atoms with E-state index in [2.05, 4.69) is 16.0 Å². The minimum Gasteiger partial charge on any atom is -0.439 e. The van der Waals surface area contributed by atoms with Gasteiger partial charge in [0.05, 0.1) is 23.6 Å². The number of nitrogens with two attached hydrogens (primary N) is 1. The monoisotopic (exact) mass is 642 g/mol. The lowest BCUT2D eigenvalue weighted by atomic mass is 9.85. The Labute approximate surface area is 271 Å². The van der Waals surface area contributed by atoms with Gasteiger partial charge in [-0.15, -0.1) is 0 Å². The van der Waals surface area contributed by atoms with Crippen molar-refractivity contribution in [3.05, 3.63) is 58.5 Å². The molecular formula is C34H50N4O8. The number of fused-ring (bicyclic) bond motifs is 2. The number of ether oxygens (including phenoxy) is 3. The van der Waals surface area contributed by atoms with Crippen LogP contribution in [0.3, 0.4) is 0 Å². The first-order valence-corrected chi connectivity index (χ1v) is 15.9. The Bertz CT molecular complexity index is 1290. The summed E-state index contributed by atoms with van der Waals surface area (Å²) < 4.78 is 16.7. The molecule has 12 nitrogen and oxygen atoms in total. The fourth-order valence-electron chi connectivity index (χ4n) is 6.11. The molecule has 0 saturated carbocycles. The van der Waals surface area contributed by atoms with E-state index in [0.29, 0.717) is 30.0 Å². The summed E-state index contributed by atoms with van der Waals surface area (Å²) in [6.45, 7) is 9.43. The molecule has 1 fully saturated rings. The summed E-state index contributed by atoms with van der Waals surface area (Å²) in [5.74, 6) is -1.62. The molecule has 3 rings (SSSR count). The van der Waals surface area contributed by atoms with Crippen LogP contribution < -0.4 is 21.7 Å². The highest BCUT2D eigenvalue weighted by Gasteiger charge is 2.34. The molecule has 0 unspecified atom stereocenters. The van der Waals surface area contributed by atoms with Gasteiger partial charge in [0.1, 0.15) is 6.10 Å². The van der Waals surface area contributed by atoms with Gasteiger partial charge in [0, 0.05) is 43.9 Å². The van der Waals surface area contributed by atoms with Crippen molar-refractivity contribution in [2.45, 2.75) is 77.8 Å². The lowest BCUT2D eigenvalue weighted by Crippen LogP contribution is -2.39. The van der Waals surface area contributed by atoms with Crippen LogP contribution in [0.2, 0.25) is 0 Å². The van der Waals surface area contributed by atoms with E-state index in [1.54, 1.807) is 32.1 Å². The maximum Gasteiger partial charge on any atom is 0.405 e. The van der Waals surface area contributed by atoms with Crippen molar-refractivity contribution in [1.82, 2.24) is 16.0 Å². The maximum atomic E-state index is 13.8. The van der Waals surface area contributed by atoms with Gasteiger partial charge in [-0.1, -0.05) is 38.2 Å². The van der Waals surface area contributed by atoms with Crippen LogP contribution in [-0.2, 0) is 28.6 Å². The van der Waals surface area contributed by atoms with Gasteiger partial charge in [-0.2, -0.15) is 0 Å². The van der Waals surface area contributed by atoms with Crippen molar-refractivity contribution in [2.75, 3.05) is 33.9 Å². The molecule has 3 aliphatic rings. The molecule has 12 heteroatoms. The highest BCUT2D eigenvalue weighted by atomic mass is 16.6. The van der Waals surface area contributed by atoms with Crippen LogP contribution >= 0.6 is 0 Å². The van der Waals surface area contributed by atoms with E-state index in [-0.39, 0.29) is 35.1 Å². The molecule has 6 atom stereocenters. The first-order chi connectivity index (χ1) is 21.9. The van der Waals surface area contributed by atoms with Gasteiger partial charge >= 0.3 is 6.09 Å². The summed E-state index contributed by atoms with van der Waals surface area (Å²) >= 11 is 0. The number of hydrogen-bond donors (Lipinski definition) is 5. The number of carbonyl (C=O) groups is 4. The first-order valence-electron chi connectivity index (χ1n) is 15.9. The van der Waals surface area contributed by atoms with Gasteiger partial charge in [0.15, 0.2) is 6.10 Å². The van der Waals surface area contributed by atoms with Gasteiger partial charge in [0.2, 0.25) is 11.6 Å². The number of primary amides is 1. The Morgan fingerprint density at radius 1 is 1.11 bits per heavy atom. The van der Waals surface area contributed by atoms with Crippen LogP contribution in [0.1, 0.15) is 53.4 Å². The topological polar surface area (TPSA) is 178 Å². The number of methoxy groups -OCH3 is 2. The average Bonchev–Trinajstić information content (AvgIpc) is 3.02. The van der Waals surface area contributed by atoms with E-state index in [1.165, 1.54) is 26.4 Å². The Balaban J connectivity index is 2.03. The Morgan fingerprint density at radius 3 is 2.43 bits per heavy atom. The van der Waals surface area contributed by atoms with Gasteiger partial charge < -0.3 is 41.0 Å². The van der Waals surface area contributed by atoms with E-state index in [1.807, 2.05) is 13.8 Å². The molecule has 0 aromatic carbocycles. The highest BCUT2D eigenvalue weighted by Crippen LogP contribution is 2.29. The van der Waals surface area contributed by atoms with Crippen molar-refractivity contribution in [3.63, 3.8) is 0 Å². The zero-order valence-electron chi connectivity index (χ0n) is 27.8. The van der Waals surface area contributed by atoms with Gasteiger partial charge in [0.25, 0.3) is 5.91 Å². The van der Waals surface area contributed by atoms with Crippen LogP contribution in [0.15, 0.2) is 58.5 Å². The predicted octanol–water partition coefficient (Wildman–Crippen LogP) is 2.35. The lowest BCUT2D eigenvalue weighted by molar-refractivity contribution is -0.120. The molecule has 1 aliphatic carbocycles. The second-order valence-electron chi connectivity index (χ2n) is 12.5. The quantitative estimate of drug-likeness (QED) is 0.213. The smallest absolute Gasteiger partial charge is 0.405 e. The molecule has 6 N–H and O–H groups in total. The molecule has 0 aromatic rings. The molecule has 0 spiro atoms. The van der Waals surface area contributed by atoms with E-state index in [9.17, 15) is 24.3 Å². The largest absolute Gasteiger partial charge is 0.439 e. The van der Waals surface area contributed by atoms with Crippen LogP contribution in [0, 0.1) is 17.8 Å². The highest BCUT2D eigenvalue weighted by molar-refractivity contribution is 6.23. The Hall–Kier alpha value is -3.58. The molecule has 2 aliphatic heterocycles. The fraction of sp³-hybridized carbons (Fsp3) is 0.588. The third-order valence-corrected chi connectivity index (χ3v) is 8.82. The SMILES string of the molecule is CO[C@H]1/C=C/C=C(/C)C(=O)NC2=CC(=O)C(NCC3CCNCC3)=C(C[C@@H](C)C[C@H](OC)[C@H](O)[C@@H](C)/C=C(\C)[C@@H]1OC(N)=O)C2=O. The summed E-state index contributed by atoms with van der Waals surface area (Å²) in [7, 11) is 2.95. The molecule has 254 valence electrons. The number of nitrogens with one attached hydrogen (secondary N) is 3. The molecule has 2 bridgehead atoms. The number of amides is 2. The number of aliphatic hydroxyl groups excluding tert-OH is 1. The van der Waals surface area contributed by atoms with Crippen molar-refractivity contribution < 1.29 is 38.5 Å². The average molecular weight is 643 g/mol. The Morgan fingerprint density at radius 2 is 1.80 bits per heavy atom. The number of piperidine rings is 1. The molecule has 1 saturated heterocycles. The maximum absolute atomic E-state index is 13.8. The van der Waals surface area contributed by atoms with Crippen molar-refractivity contribution in [2.24, 2.45) is 23.5 Å². The second kappa shape index (κ2) is 17.4. The van der Waals surface area contributed by atoms with Crippen molar-refractivity contribution >= 4 is 23.6 Å². The third-order valence-electron chi connectivity index (χ3n) is 8.82. The van der Waals surface area contributed by atoms with Crippen molar-refractivity contribution in [1.29, 1.82) is 0 Å². The van der Waals surface area contributed by atoms with E-state index < -0.39 is 48.1 Å². The molecule has 0 aromatic heterocycles. The summed E-state index contributed by atoms with van der Waals surface area (Å²) in [4.78, 5) is 52.2. The van der Waals surface area contributed by atoms with Crippen LogP contribution in [-0.4, -0.2) is 86.9 Å². The molecule has 2 amide bonds. The lowest BCUT2D eigenvalue weighted by Gasteiger charge is -2.30. The van der Waals surface area contributed by atoms with E-state index >= 15 is 0 Å². The van der Waals surface area contributed by atoms with Gasteiger partial charge in [-0.05, 0) is 70.0 Å². The summed E-state index contributed by atoms with van der Waals surface area (Å²) in [6, 6.07) is 0. The predicted molar refractivity (Wildman–Crippen MR) is 173 cm³/mol.